The summed E-state index contributed by atoms with van der Waals surface area (Å²) in [6.07, 6.45) is 3.46. The van der Waals surface area contributed by atoms with Gasteiger partial charge in [0.25, 0.3) is 0 Å². The summed E-state index contributed by atoms with van der Waals surface area (Å²) in [6, 6.07) is 8.34. The van der Waals surface area contributed by atoms with E-state index in [-0.39, 0.29) is 17.7 Å². The van der Waals surface area contributed by atoms with E-state index in [2.05, 4.69) is 34.2 Å². The Bertz CT molecular complexity index is 736. The number of carbonyl (C=O) groups is 2. The highest BCUT2D eigenvalue weighted by Crippen LogP contribution is 2.28. The van der Waals surface area contributed by atoms with Crippen molar-refractivity contribution in [3.8, 4) is 0 Å². The molecule has 1 unspecified atom stereocenters. The highest BCUT2D eigenvalue weighted by molar-refractivity contribution is 6.00. The zero-order valence-electron chi connectivity index (χ0n) is 18.1. The number of rotatable bonds is 5. The van der Waals surface area contributed by atoms with Crippen LogP contribution in [0.4, 0.5) is 5.69 Å². The molecule has 0 bridgehead atoms. The minimum atomic E-state index is -0.207. The molecule has 164 valence electrons. The van der Waals surface area contributed by atoms with Gasteiger partial charge in [0.2, 0.25) is 11.8 Å². The minimum Gasteiger partial charge on any atom is -0.369 e. The van der Waals surface area contributed by atoms with E-state index in [0.29, 0.717) is 12.8 Å². The Hall–Kier alpha value is -1.96. The quantitative estimate of drug-likeness (QED) is 0.563. The first kappa shape index (κ1) is 21.3. The molecule has 3 aliphatic heterocycles. The van der Waals surface area contributed by atoms with Gasteiger partial charge >= 0.3 is 0 Å². The van der Waals surface area contributed by atoms with Crippen molar-refractivity contribution >= 4 is 17.5 Å². The number of anilines is 1. The van der Waals surface area contributed by atoms with Crippen LogP contribution in [0.1, 0.15) is 44.1 Å². The molecule has 1 aromatic rings. The molecule has 7 heteroatoms. The molecule has 0 aliphatic carbocycles. The van der Waals surface area contributed by atoms with E-state index in [1.54, 1.807) is 0 Å². The molecule has 3 N–H and O–H groups in total. The number of hydrogen-bond donors (Lipinski definition) is 2. The zero-order valence-corrected chi connectivity index (χ0v) is 18.1. The molecule has 4 rings (SSSR count). The van der Waals surface area contributed by atoms with Gasteiger partial charge in [-0.15, -0.1) is 0 Å². The molecule has 0 radical (unpaired) electrons. The van der Waals surface area contributed by atoms with Gasteiger partial charge in [0, 0.05) is 57.9 Å². The normalized spacial score (nSPS) is 25.9. The predicted octanol–water partition coefficient (Wildman–Crippen LogP) is 1.55. The van der Waals surface area contributed by atoms with Crippen molar-refractivity contribution in [3.05, 3.63) is 29.8 Å². The highest BCUT2D eigenvalue weighted by Gasteiger charge is 2.28. The van der Waals surface area contributed by atoms with Gasteiger partial charge in [-0.3, -0.25) is 25.6 Å². The van der Waals surface area contributed by atoms with Crippen molar-refractivity contribution in [2.24, 2.45) is 17.7 Å². The predicted molar refractivity (Wildman–Crippen MR) is 118 cm³/mol. The maximum Gasteiger partial charge on any atom is 0.234 e. The molecule has 3 fully saturated rings. The summed E-state index contributed by atoms with van der Waals surface area (Å²) >= 11 is 0. The van der Waals surface area contributed by atoms with Crippen LogP contribution in [-0.4, -0.2) is 67.5 Å². The van der Waals surface area contributed by atoms with Gasteiger partial charge in [0.1, 0.15) is 0 Å². The van der Waals surface area contributed by atoms with Crippen LogP contribution >= 0.6 is 0 Å². The highest BCUT2D eigenvalue weighted by atomic mass is 16.2. The lowest BCUT2D eigenvalue weighted by Gasteiger charge is -2.39. The van der Waals surface area contributed by atoms with Crippen molar-refractivity contribution in [1.82, 2.24) is 15.2 Å². The number of piperidine rings is 2. The fourth-order valence-corrected chi connectivity index (χ4v) is 5.16. The van der Waals surface area contributed by atoms with Crippen LogP contribution in [0.5, 0.6) is 0 Å². The smallest absolute Gasteiger partial charge is 0.234 e. The summed E-state index contributed by atoms with van der Waals surface area (Å²) in [4.78, 5) is 28.5. The molecule has 3 saturated heterocycles. The number of nitrogens with one attached hydrogen (secondary N) is 1. The third-order valence-corrected chi connectivity index (χ3v) is 7.20. The second kappa shape index (κ2) is 9.45. The molecule has 7 nitrogen and oxygen atoms in total. The summed E-state index contributed by atoms with van der Waals surface area (Å²) in [5, 5.41) is 4.40. The molecule has 2 atom stereocenters. The molecule has 1 aromatic carbocycles. The minimum absolute atomic E-state index is 0.162. The molecule has 0 aromatic heterocycles. The lowest BCUT2D eigenvalue weighted by Crippen LogP contribution is -2.49. The monoisotopic (exact) mass is 413 g/mol. The van der Waals surface area contributed by atoms with Crippen LogP contribution in [0.15, 0.2) is 24.3 Å². The molecule has 0 saturated carbocycles. The van der Waals surface area contributed by atoms with Gasteiger partial charge in [-0.1, -0.05) is 19.1 Å². The molecular weight excluding hydrogens is 378 g/mol. The number of nitrogens with zero attached hydrogens (tertiary/aromatic N) is 3. The number of imide groups is 1. The van der Waals surface area contributed by atoms with E-state index in [1.807, 2.05) is 17.1 Å². The molecule has 3 aliphatic rings. The van der Waals surface area contributed by atoms with Crippen LogP contribution in [0.25, 0.3) is 0 Å². The van der Waals surface area contributed by atoms with Crippen molar-refractivity contribution in [2.75, 3.05) is 50.7 Å². The van der Waals surface area contributed by atoms with Crippen LogP contribution in [0.3, 0.4) is 0 Å². The van der Waals surface area contributed by atoms with E-state index < -0.39 is 0 Å². The fourth-order valence-electron chi connectivity index (χ4n) is 5.16. The number of carbonyl (C=O) groups excluding carboxylic acids is 2. The Morgan fingerprint density at radius 1 is 1.00 bits per heavy atom. The van der Waals surface area contributed by atoms with E-state index >= 15 is 0 Å². The molecule has 3 heterocycles. The topological polar surface area (TPSA) is 81.9 Å². The Morgan fingerprint density at radius 2 is 1.67 bits per heavy atom. The average molecular weight is 414 g/mol. The average Bonchev–Trinajstić information content (AvgIpc) is 2.75. The summed E-state index contributed by atoms with van der Waals surface area (Å²) in [5.74, 6) is 6.88. The number of hydrazine groups is 1. The van der Waals surface area contributed by atoms with Crippen LogP contribution in [-0.2, 0) is 9.59 Å². The third-order valence-electron chi connectivity index (χ3n) is 7.20. The van der Waals surface area contributed by atoms with Gasteiger partial charge in [-0.2, -0.15) is 0 Å². The number of hydrogen-bond acceptors (Lipinski definition) is 6. The molecule has 30 heavy (non-hydrogen) atoms. The second-order valence-corrected chi connectivity index (χ2v) is 9.23. The van der Waals surface area contributed by atoms with Gasteiger partial charge < -0.3 is 4.90 Å². The summed E-state index contributed by atoms with van der Waals surface area (Å²) < 4.78 is 0. The van der Waals surface area contributed by atoms with E-state index in [0.717, 1.165) is 56.7 Å². The van der Waals surface area contributed by atoms with Crippen molar-refractivity contribution in [1.29, 1.82) is 0 Å². The summed E-state index contributed by atoms with van der Waals surface area (Å²) in [5.41, 5.74) is 2.22. The SMILES string of the molecule is C[C@H](CN1CCN(c2ccc(C3CCC(=O)NC3=O)cc2)CC1)C1CCN(N)CC1. The van der Waals surface area contributed by atoms with Crippen molar-refractivity contribution in [2.45, 2.75) is 38.5 Å². The zero-order chi connectivity index (χ0) is 21.1. The van der Waals surface area contributed by atoms with Gasteiger partial charge in [0.05, 0.1) is 5.92 Å². The Balaban J connectivity index is 1.26. The van der Waals surface area contributed by atoms with E-state index in [4.69, 9.17) is 5.84 Å². The first-order chi connectivity index (χ1) is 14.5. The second-order valence-electron chi connectivity index (χ2n) is 9.23. The number of benzene rings is 1. The number of nitrogens with two attached hydrogens (primary N) is 1. The largest absolute Gasteiger partial charge is 0.369 e. The first-order valence-electron chi connectivity index (χ1n) is 11.4. The standard InChI is InChI=1S/C23H35N5O2/c1-17(18-8-10-28(24)11-9-18)16-26-12-14-27(15-13-26)20-4-2-19(3-5-20)21-6-7-22(29)25-23(21)30/h2-5,17-18,21H,6-16,24H2,1H3,(H,25,29,30)/t17-,21?/m1/s1. The van der Waals surface area contributed by atoms with Crippen molar-refractivity contribution < 1.29 is 9.59 Å². The lowest BCUT2D eigenvalue weighted by atomic mass is 9.85. The molecule has 2 amide bonds. The Morgan fingerprint density at radius 3 is 2.30 bits per heavy atom. The van der Waals surface area contributed by atoms with E-state index in [1.165, 1.54) is 25.1 Å². The maximum absolute atomic E-state index is 12.1. The number of piperazine rings is 1. The molecular formula is C23H35N5O2. The van der Waals surface area contributed by atoms with Gasteiger partial charge in [-0.05, 0) is 48.8 Å². The fraction of sp³-hybridized carbons (Fsp3) is 0.652. The molecule has 0 spiro atoms. The van der Waals surface area contributed by atoms with Crippen molar-refractivity contribution in [3.63, 3.8) is 0 Å². The van der Waals surface area contributed by atoms with E-state index in [9.17, 15) is 9.59 Å². The lowest BCUT2D eigenvalue weighted by molar-refractivity contribution is -0.134. The van der Waals surface area contributed by atoms with Gasteiger partial charge in [-0.25, -0.2) is 5.01 Å². The third kappa shape index (κ3) is 5.02. The summed E-state index contributed by atoms with van der Waals surface area (Å²) in [7, 11) is 0. The summed E-state index contributed by atoms with van der Waals surface area (Å²) in [6.45, 7) is 9.88. The van der Waals surface area contributed by atoms with Crippen LogP contribution in [0, 0.1) is 11.8 Å². The maximum atomic E-state index is 12.1. The number of amides is 2. The van der Waals surface area contributed by atoms with Gasteiger partial charge in [0.15, 0.2) is 0 Å². The van der Waals surface area contributed by atoms with Crippen LogP contribution < -0.4 is 16.1 Å². The Labute approximate surface area is 179 Å². The van der Waals surface area contributed by atoms with Crippen LogP contribution in [0.2, 0.25) is 0 Å². The first-order valence-corrected chi connectivity index (χ1v) is 11.4. The Kier molecular flexibility index (Phi) is 6.71.